The molecule has 1 aromatic rings. The lowest BCUT2D eigenvalue weighted by molar-refractivity contribution is -0.143. The maximum Gasteiger partial charge on any atom is 0.329 e. The van der Waals surface area contributed by atoms with Crippen LogP contribution in [-0.2, 0) is 10.3 Å². The summed E-state index contributed by atoms with van der Waals surface area (Å²) in [6.07, 6.45) is 0. The Labute approximate surface area is 74.2 Å². The molecule has 0 aromatic carbocycles. The molecule has 1 aromatic heterocycles. The molecule has 1 unspecified atom stereocenters. The number of hydrogen-bond donors (Lipinski definition) is 2. The molecule has 5 heteroatoms. The third-order valence-corrected chi connectivity index (χ3v) is 1.69. The van der Waals surface area contributed by atoms with Gasteiger partial charge in [-0.05, 0) is 19.1 Å². The number of rotatable bonds is 2. The van der Waals surface area contributed by atoms with E-state index in [0.29, 0.717) is 0 Å². The van der Waals surface area contributed by atoms with E-state index in [2.05, 4.69) is 4.98 Å². The highest BCUT2D eigenvalue weighted by Gasteiger charge is 2.31. The van der Waals surface area contributed by atoms with Crippen molar-refractivity contribution in [1.29, 1.82) is 0 Å². The third kappa shape index (κ3) is 1.81. The average Bonchev–Trinajstić information content (AvgIpc) is 2.04. The molecule has 0 saturated carbocycles. The number of carboxylic acid groups (broad SMARTS) is 1. The van der Waals surface area contributed by atoms with Crippen LogP contribution in [0.25, 0.3) is 0 Å². The Kier molecular flexibility index (Phi) is 2.29. The van der Waals surface area contributed by atoms with E-state index in [1.54, 1.807) is 0 Å². The summed E-state index contributed by atoms with van der Waals surface area (Å²) in [6.45, 7) is 1.26. The molecular weight excluding hydrogens is 175 g/mol. The minimum absolute atomic E-state index is 0.000000000000000222. The van der Waals surface area contributed by atoms with Crippen molar-refractivity contribution in [2.45, 2.75) is 12.5 Å². The SMILES string of the molecule is CC(N)(C(=O)O)c1cccc(F)n1. The first-order chi connectivity index (χ1) is 5.94. The lowest BCUT2D eigenvalue weighted by Crippen LogP contribution is -2.42. The second kappa shape index (κ2) is 3.10. The quantitative estimate of drug-likeness (QED) is 0.655. The van der Waals surface area contributed by atoms with Crippen LogP contribution in [0.5, 0.6) is 0 Å². The second-order valence-electron chi connectivity index (χ2n) is 2.85. The highest BCUT2D eigenvalue weighted by molar-refractivity contribution is 5.79. The van der Waals surface area contributed by atoms with Crippen LogP contribution in [0.4, 0.5) is 4.39 Å². The molecule has 70 valence electrons. The van der Waals surface area contributed by atoms with E-state index >= 15 is 0 Å². The van der Waals surface area contributed by atoms with Gasteiger partial charge in [0.15, 0.2) is 5.54 Å². The fraction of sp³-hybridized carbons (Fsp3) is 0.250. The fourth-order valence-electron chi connectivity index (χ4n) is 0.807. The van der Waals surface area contributed by atoms with Crippen molar-refractivity contribution < 1.29 is 14.3 Å². The maximum absolute atomic E-state index is 12.6. The van der Waals surface area contributed by atoms with Gasteiger partial charge in [-0.1, -0.05) is 6.07 Å². The number of nitrogens with two attached hydrogens (primary N) is 1. The van der Waals surface area contributed by atoms with Gasteiger partial charge in [0.1, 0.15) is 0 Å². The summed E-state index contributed by atoms with van der Waals surface area (Å²) in [4.78, 5) is 14.0. The van der Waals surface area contributed by atoms with E-state index in [4.69, 9.17) is 10.8 Å². The Morgan fingerprint density at radius 3 is 2.77 bits per heavy atom. The van der Waals surface area contributed by atoms with Crippen molar-refractivity contribution in [2.75, 3.05) is 0 Å². The number of hydrogen-bond acceptors (Lipinski definition) is 3. The van der Waals surface area contributed by atoms with E-state index in [1.807, 2.05) is 0 Å². The lowest BCUT2D eigenvalue weighted by Gasteiger charge is -2.17. The van der Waals surface area contributed by atoms with E-state index in [1.165, 1.54) is 19.1 Å². The highest BCUT2D eigenvalue weighted by atomic mass is 19.1. The zero-order chi connectivity index (χ0) is 10.1. The number of carbonyl (C=O) groups is 1. The van der Waals surface area contributed by atoms with Crippen LogP contribution < -0.4 is 5.73 Å². The number of halogens is 1. The Morgan fingerprint density at radius 2 is 2.31 bits per heavy atom. The van der Waals surface area contributed by atoms with E-state index in [0.717, 1.165) is 6.07 Å². The molecule has 3 N–H and O–H groups in total. The molecule has 13 heavy (non-hydrogen) atoms. The zero-order valence-corrected chi connectivity index (χ0v) is 6.99. The fourth-order valence-corrected chi connectivity index (χ4v) is 0.807. The topological polar surface area (TPSA) is 76.2 Å². The molecule has 0 spiro atoms. The van der Waals surface area contributed by atoms with E-state index < -0.39 is 17.5 Å². The number of aromatic nitrogens is 1. The summed E-state index contributed by atoms with van der Waals surface area (Å²) < 4.78 is 12.6. The molecule has 1 heterocycles. The molecule has 1 rings (SSSR count). The summed E-state index contributed by atoms with van der Waals surface area (Å²) in [5, 5.41) is 8.70. The summed E-state index contributed by atoms with van der Waals surface area (Å²) >= 11 is 0. The molecule has 4 nitrogen and oxygen atoms in total. The van der Waals surface area contributed by atoms with Gasteiger partial charge >= 0.3 is 5.97 Å². The van der Waals surface area contributed by atoms with Crippen molar-refractivity contribution in [2.24, 2.45) is 5.73 Å². The van der Waals surface area contributed by atoms with Crippen molar-refractivity contribution in [1.82, 2.24) is 4.98 Å². The Balaban J connectivity index is 3.14. The maximum atomic E-state index is 12.6. The second-order valence-corrected chi connectivity index (χ2v) is 2.85. The van der Waals surface area contributed by atoms with Crippen LogP contribution in [0.15, 0.2) is 18.2 Å². The van der Waals surface area contributed by atoms with Crippen molar-refractivity contribution >= 4 is 5.97 Å². The molecule has 0 bridgehead atoms. The molecule has 0 radical (unpaired) electrons. The van der Waals surface area contributed by atoms with Gasteiger partial charge in [0.2, 0.25) is 5.95 Å². The van der Waals surface area contributed by atoms with Gasteiger partial charge in [-0.25, -0.2) is 9.78 Å². The van der Waals surface area contributed by atoms with Gasteiger partial charge in [0.05, 0.1) is 5.69 Å². The first-order valence-electron chi connectivity index (χ1n) is 3.60. The summed E-state index contributed by atoms with van der Waals surface area (Å²) in [6, 6.07) is 3.87. The van der Waals surface area contributed by atoms with Crippen LogP contribution in [0, 0.1) is 5.95 Å². The van der Waals surface area contributed by atoms with Crippen LogP contribution >= 0.6 is 0 Å². The monoisotopic (exact) mass is 184 g/mol. The smallest absolute Gasteiger partial charge is 0.329 e. The van der Waals surface area contributed by atoms with Gasteiger partial charge in [-0.15, -0.1) is 0 Å². The van der Waals surface area contributed by atoms with Crippen LogP contribution in [-0.4, -0.2) is 16.1 Å². The minimum Gasteiger partial charge on any atom is -0.480 e. The van der Waals surface area contributed by atoms with Crippen molar-refractivity contribution in [3.05, 3.63) is 29.8 Å². The third-order valence-electron chi connectivity index (χ3n) is 1.69. The number of aliphatic carboxylic acids is 1. The molecule has 1 atom stereocenters. The average molecular weight is 184 g/mol. The standard InChI is InChI=1S/C8H9FN2O2/c1-8(10,7(12)13)5-3-2-4-6(9)11-5/h2-4H,10H2,1H3,(H,12,13). The van der Waals surface area contributed by atoms with E-state index in [-0.39, 0.29) is 5.69 Å². The molecule has 0 fully saturated rings. The van der Waals surface area contributed by atoms with Gasteiger partial charge in [0, 0.05) is 0 Å². The number of pyridine rings is 1. The first kappa shape index (κ1) is 9.60. The molecule has 0 aliphatic carbocycles. The largest absolute Gasteiger partial charge is 0.480 e. The van der Waals surface area contributed by atoms with Crippen molar-refractivity contribution in [3.63, 3.8) is 0 Å². The number of carboxylic acids is 1. The summed E-state index contributed by atoms with van der Waals surface area (Å²) in [5.74, 6) is -1.99. The molecule has 0 amide bonds. The molecular formula is C8H9FN2O2. The number of nitrogens with zero attached hydrogens (tertiary/aromatic N) is 1. The molecule has 0 aliphatic rings. The van der Waals surface area contributed by atoms with Crippen LogP contribution in [0.1, 0.15) is 12.6 Å². The Hall–Kier alpha value is -1.49. The predicted octanol–water partition coefficient (Wildman–Crippen LogP) is 0.479. The van der Waals surface area contributed by atoms with E-state index in [9.17, 15) is 9.18 Å². The van der Waals surface area contributed by atoms with Gasteiger partial charge in [-0.2, -0.15) is 4.39 Å². The van der Waals surface area contributed by atoms with Crippen LogP contribution in [0.2, 0.25) is 0 Å². The summed E-state index contributed by atoms with van der Waals surface area (Å²) in [5.41, 5.74) is 3.77. The van der Waals surface area contributed by atoms with Gasteiger partial charge in [-0.3, -0.25) is 0 Å². The first-order valence-corrected chi connectivity index (χ1v) is 3.60. The highest BCUT2D eigenvalue weighted by Crippen LogP contribution is 2.15. The lowest BCUT2D eigenvalue weighted by atomic mass is 9.99. The van der Waals surface area contributed by atoms with Gasteiger partial charge in [0.25, 0.3) is 0 Å². The Morgan fingerprint density at radius 1 is 1.69 bits per heavy atom. The molecule has 0 aliphatic heterocycles. The van der Waals surface area contributed by atoms with Crippen molar-refractivity contribution in [3.8, 4) is 0 Å². The van der Waals surface area contributed by atoms with Gasteiger partial charge < -0.3 is 10.8 Å². The normalized spacial score (nSPS) is 15.0. The Bertz CT molecular complexity index is 339. The molecule has 0 saturated heterocycles. The zero-order valence-electron chi connectivity index (χ0n) is 6.99. The predicted molar refractivity (Wildman–Crippen MR) is 43.4 cm³/mol. The minimum atomic E-state index is -1.65. The van der Waals surface area contributed by atoms with Crippen LogP contribution in [0.3, 0.4) is 0 Å². The summed E-state index contributed by atoms with van der Waals surface area (Å²) in [7, 11) is 0.